The lowest BCUT2D eigenvalue weighted by atomic mass is 10.00. The molecule has 0 saturated heterocycles. The summed E-state index contributed by atoms with van der Waals surface area (Å²) in [6.07, 6.45) is 0. The third-order valence-electron chi connectivity index (χ3n) is 4.02. The van der Waals surface area contributed by atoms with Crippen LogP contribution in [0, 0.1) is 13.8 Å². The molecule has 25 heavy (non-hydrogen) atoms. The highest BCUT2D eigenvalue weighted by molar-refractivity contribution is 6.15. The maximum atomic E-state index is 12.8. The van der Waals surface area contributed by atoms with Crippen LogP contribution in [0.3, 0.4) is 0 Å². The summed E-state index contributed by atoms with van der Waals surface area (Å²) < 4.78 is 0. The number of hydrogen-bond acceptors (Lipinski definition) is 2. The van der Waals surface area contributed by atoms with E-state index in [1.54, 1.807) is 30.3 Å². The highest BCUT2D eigenvalue weighted by Gasteiger charge is 2.16. The second-order valence-electron chi connectivity index (χ2n) is 6.06. The molecule has 0 saturated carbocycles. The van der Waals surface area contributed by atoms with Crippen molar-refractivity contribution in [3.05, 3.63) is 101 Å². The number of carbonyl (C=O) groups excluding carboxylic acids is 2. The Bertz CT molecular complexity index is 913. The largest absolute Gasteiger partial charge is 0.321 e. The zero-order valence-corrected chi connectivity index (χ0v) is 14.2. The molecule has 0 bridgehead atoms. The van der Waals surface area contributed by atoms with Gasteiger partial charge in [-0.15, -0.1) is 0 Å². The number of benzene rings is 3. The Balaban J connectivity index is 1.93. The SMILES string of the molecule is Cc1ccc(C(=O)Nc2cc(C)ccc2C(=O)c2ccccc2)cc1. The first kappa shape index (κ1) is 16.7. The summed E-state index contributed by atoms with van der Waals surface area (Å²) >= 11 is 0. The molecule has 124 valence electrons. The van der Waals surface area contributed by atoms with E-state index in [1.807, 2.05) is 56.3 Å². The second kappa shape index (κ2) is 7.14. The number of carbonyl (C=O) groups is 2. The van der Waals surface area contributed by atoms with Crippen LogP contribution in [-0.4, -0.2) is 11.7 Å². The van der Waals surface area contributed by atoms with Crippen molar-refractivity contribution in [1.29, 1.82) is 0 Å². The summed E-state index contributed by atoms with van der Waals surface area (Å²) in [5, 5.41) is 2.88. The van der Waals surface area contributed by atoms with Gasteiger partial charge in [-0.05, 0) is 43.7 Å². The molecule has 3 heteroatoms. The third kappa shape index (κ3) is 3.83. The molecule has 1 N–H and O–H groups in total. The number of aryl methyl sites for hydroxylation is 2. The van der Waals surface area contributed by atoms with Gasteiger partial charge in [0.25, 0.3) is 5.91 Å². The monoisotopic (exact) mass is 329 g/mol. The van der Waals surface area contributed by atoms with Crippen molar-refractivity contribution in [1.82, 2.24) is 0 Å². The molecule has 0 atom stereocenters. The lowest BCUT2D eigenvalue weighted by Crippen LogP contribution is -2.15. The summed E-state index contributed by atoms with van der Waals surface area (Å²) in [5.41, 5.74) is 4.23. The molecule has 0 aromatic heterocycles. The molecule has 0 aliphatic heterocycles. The van der Waals surface area contributed by atoms with E-state index >= 15 is 0 Å². The van der Waals surface area contributed by atoms with Crippen LogP contribution in [0.5, 0.6) is 0 Å². The standard InChI is InChI=1S/C22H19NO2/c1-15-8-11-18(12-9-15)22(25)23-20-14-16(2)10-13-19(20)21(24)17-6-4-3-5-7-17/h3-14H,1-2H3,(H,23,25). The lowest BCUT2D eigenvalue weighted by Gasteiger charge is -2.12. The van der Waals surface area contributed by atoms with Crippen molar-refractivity contribution in [2.45, 2.75) is 13.8 Å². The summed E-state index contributed by atoms with van der Waals surface area (Å²) in [4.78, 5) is 25.3. The number of hydrogen-bond donors (Lipinski definition) is 1. The van der Waals surface area contributed by atoms with Gasteiger partial charge in [-0.3, -0.25) is 9.59 Å². The van der Waals surface area contributed by atoms with Crippen LogP contribution in [0.15, 0.2) is 72.8 Å². The molecular weight excluding hydrogens is 310 g/mol. The summed E-state index contributed by atoms with van der Waals surface area (Å²) in [5.74, 6) is -0.340. The first-order chi connectivity index (χ1) is 12.0. The number of rotatable bonds is 4. The van der Waals surface area contributed by atoms with E-state index < -0.39 is 0 Å². The number of ketones is 1. The molecule has 3 rings (SSSR count). The van der Waals surface area contributed by atoms with Crippen LogP contribution in [0.2, 0.25) is 0 Å². The van der Waals surface area contributed by atoms with Gasteiger partial charge in [-0.2, -0.15) is 0 Å². The topological polar surface area (TPSA) is 46.2 Å². The maximum absolute atomic E-state index is 12.8. The molecule has 3 nitrogen and oxygen atoms in total. The molecule has 3 aromatic carbocycles. The number of anilines is 1. The van der Waals surface area contributed by atoms with Crippen LogP contribution in [0.4, 0.5) is 5.69 Å². The normalized spacial score (nSPS) is 10.3. The van der Waals surface area contributed by atoms with E-state index in [4.69, 9.17) is 0 Å². The zero-order valence-electron chi connectivity index (χ0n) is 14.2. The fraction of sp³-hybridized carbons (Fsp3) is 0.0909. The van der Waals surface area contributed by atoms with Gasteiger partial charge in [0.1, 0.15) is 0 Å². The quantitative estimate of drug-likeness (QED) is 0.700. The fourth-order valence-electron chi connectivity index (χ4n) is 2.60. The van der Waals surface area contributed by atoms with Gasteiger partial charge in [-0.25, -0.2) is 0 Å². The molecule has 0 fully saturated rings. The number of nitrogens with one attached hydrogen (secondary N) is 1. The molecule has 0 heterocycles. The van der Waals surface area contributed by atoms with Crippen molar-refractivity contribution in [2.24, 2.45) is 0 Å². The smallest absolute Gasteiger partial charge is 0.255 e. The van der Waals surface area contributed by atoms with E-state index in [2.05, 4.69) is 5.32 Å². The van der Waals surface area contributed by atoms with Gasteiger partial charge < -0.3 is 5.32 Å². The van der Waals surface area contributed by atoms with Crippen LogP contribution in [-0.2, 0) is 0 Å². The van der Waals surface area contributed by atoms with E-state index in [-0.39, 0.29) is 11.7 Å². The van der Waals surface area contributed by atoms with E-state index in [1.165, 1.54) is 0 Å². The molecule has 3 aromatic rings. The van der Waals surface area contributed by atoms with E-state index in [0.29, 0.717) is 22.4 Å². The minimum absolute atomic E-state index is 0.111. The second-order valence-corrected chi connectivity index (χ2v) is 6.06. The van der Waals surface area contributed by atoms with Gasteiger partial charge >= 0.3 is 0 Å². The Kier molecular flexibility index (Phi) is 4.75. The van der Waals surface area contributed by atoms with Gasteiger partial charge in [0, 0.05) is 16.7 Å². The predicted octanol–water partition coefficient (Wildman–Crippen LogP) is 4.79. The predicted molar refractivity (Wildman–Crippen MR) is 100 cm³/mol. The maximum Gasteiger partial charge on any atom is 0.255 e. The minimum atomic E-state index is -0.229. The molecule has 0 unspecified atom stereocenters. The molecular formula is C22H19NO2. The summed E-state index contributed by atoms with van der Waals surface area (Å²) in [6, 6.07) is 21.8. The Hall–Kier alpha value is -3.20. The van der Waals surface area contributed by atoms with Crippen molar-refractivity contribution < 1.29 is 9.59 Å². The Morgan fingerprint density at radius 2 is 1.36 bits per heavy atom. The van der Waals surface area contributed by atoms with Crippen molar-refractivity contribution in [3.63, 3.8) is 0 Å². The van der Waals surface area contributed by atoms with Gasteiger partial charge in [0.2, 0.25) is 0 Å². The Labute approximate surface area is 147 Å². The fourth-order valence-corrected chi connectivity index (χ4v) is 2.60. The van der Waals surface area contributed by atoms with Crippen LogP contribution < -0.4 is 5.32 Å². The van der Waals surface area contributed by atoms with Crippen molar-refractivity contribution >= 4 is 17.4 Å². The van der Waals surface area contributed by atoms with E-state index in [0.717, 1.165) is 11.1 Å². The Morgan fingerprint density at radius 3 is 2.04 bits per heavy atom. The molecule has 0 aliphatic carbocycles. The lowest BCUT2D eigenvalue weighted by molar-refractivity contribution is 0.102. The van der Waals surface area contributed by atoms with Gasteiger partial charge in [0.15, 0.2) is 5.78 Å². The average Bonchev–Trinajstić information content (AvgIpc) is 2.62. The molecule has 1 amide bonds. The summed E-state index contributed by atoms with van der Waals surface area (Å²) in [7, 11) is 0. The van der Waals surface area contributed by atoms with Crippen LogP contribution >= 0.6 is 0 Å². The highest BCUT2D eigenvalue weighted by Crippen LogP contribution is 2.22. The minimum Gasteiger partial charge on any atom is -0.321 e. The molecule has 0 aliphatic rings. The Morgan fingerprint density at radius 1 is 0.720 bits per heavy atom. The van der Waals surface area contributed by atoms with Gasteiger partial charge in [-0.1, -0.05) is 54.1 Å². The third-order valence-corrected chi connectivity index (χ3v) is 4.02. The summed E-state index contributed by atoms with van der Waals surface area (Å²) in [6.45, 7) is 3.90. The number of amides is 1. The van der Waals surface area contributed by atoms with E-state index in [9.17, 15) is 9.59 Å². The van der Waals surface area contributed by atoms with Crippen molar-refractivity contribution in [3.8, 4) is 0 Å². The average molecular weight is 329 g/mol. The molecule has 0 spiro atoms. The van der Waals surface area contributed by atoms with Crippen LogP contribution in [0.1, 0.15) is 37.4 Å². The van der Waals surface area contributed by atoms with Crippen LogP contribution in [0.25, 0.3) is 0 Å². The van der Waals surface area contributed by atoms with Gasteiger partial charge in [0.05, 0.1) is 5.69 Å². The molecule has 0 radical (unpaired) electrons. The first-order valence-electron chi connectivity index (χ1n) is 8.13. The van der Waals surface area contributed by atoms with Crippen molar-refractivity contribution in [2.75, 3.05) is 5.32 Å². The highest BCUT2D eigenvalue weighted by atomic mass is 16.1. The first-order valence-corrected chi connectivity index (χ1v) is 8.13. The zero-order chi connectivity index (χ0) is 17.8.